The van der Waals surface area contributed by atoms with Crippen LogP contribution >= 0.6 is 0 Å². The molecule has 4 heterocycles. The molecule has 0 unspecified atom stereocenters. The minimum absolute atomic E-state index is 0.110. The molecule has 1 saturated heterocycles. The van der Waals surface area contributed by atoms with Crippen molar-refractivity contribution < 1.29 is 22.7 Å². The van der Waals surface area contributed by atoms with Gasteiger partial charge in [0.2, 0.25) is 5.95 Å². The number of cyclic esters (lactones) is 1. The van der Waals surface area contributed by atoms with E-state index in [1.54, 1.807) is 23.5 Å². The summed E-state index contributed by atoms with van der Waals surface area (Å²) in [7, 11) is 0. The molecular weight excluding hydrogens is 461 g/mol. The SMILES string of the molecule is CC(C)[C@H]1COC(=O)N1c1ccnc(N[C@@H](C)c2ncn3c2CCc2cc(C(F)(F)F)ccc2-3)n1. The molecule has 2 aliphatic heterocycles. The summed E-state index contributed by atoms with van der Waals surface area (Å²) >= 11 is 0. The van der Waals surface area contributed by atoms with Crippen LogP contribution in [-0.4, -0.2) is 38.3 Å². The summed E-state index contributed by atoms with van der Waals surface area (Å²) in [6, 6.07) is 5.10. The van der Waals surface area contributed by atoms with E-state index in [-0.39, 0.29) is 18.0 Å². The number of nitrogens with one attached hydrogen (secondary N) is 1. The van der Waals surface area contributed by atoms with Crippen LogP contribution in [0.25, 0.3) is 5.69 Å². The number of benzene rings is 1. The lowest BCUT2D eigenvalue weighted by molar-refractivity contribution is -0.137. The molecule has 184 valence electrons. The van der Waals surface area contributed by atoms with Crippen molar-refractivity contribution in [1.29, 1.82) is 0 Å². The zero-order valence-electron chi connectivity index (χ0n) is 19.5. The maximum atomic E-state index is 13.1. The zero-order valence-corrected chi connectivity index (χ0v) is 19.5. The summed E-state index contributed by atoms with van der Waals surface area (Å²) in [5.74, 6) is 0.987. The number of halogens is 3. The van der Waals surface area contributed by atoms with Gasteiger partial charge >= 0.3 is 12.3 Å². The van der Waals surface area contributed by atoms with Crippen LogP contribution in [0.3, 0.4) is 0 Å². The lowest BCUT2D eigenvalue weighted by Crippen LogP contribution is -2.37. The number of alkyl halides is 3. The van der Waals surface area contributed by atoms with Gasteiger partial charge < -0.3 is 14.6 Å². The Bertz CT molecular complexity index is 1270. The van der Waals surface area contributed by atoms with Crippen molar-refractivity contribution in [2.75, 3.05) is 16.8 Å². The van der Waals surface area contributed by atoms with E-state index in [2.05, 4.69) is 20.3 Å². The molecule has 0 bridgehead atoms. The van der Waals surface area contributed by atoms with Crippen LogP contribution < -0.4 is 10.2 Å². The van der Waals surface area contributed by atoms with Gasteiger partial charge in [0.1, 0.15) is 12.4 Å². The molecule has 3 aromatic rings. The number of carbonyl (C=O) groups is 1. The van der Waals surface area contributed by atoms with Gasteiger partial charge in [0.05, 0.1) is 29.7 Å². The lowest BCUT2D eigenvalue weighted by Gasteiger charge is -2.24. The predicted octanol–water partition coefficient (Wildman–Crippen LogP) is 4.93. The quantitative estimate of drug-likeness (QED) is 0.550. The maximum Gasteiger partial charge on any atom is 0.416 e. The number of hydrogen-bond donors (Lipinski definition) is 1. The van der Waals surface area contributed by atoms with Crippen LogP contribution in [-0.2, 0) is 23.8 Å². The Kier molecular flexibility index (Phi) is 5.65. The van der Waals surface area contributed by atoms with Crippen molar-refractivity contribution in [3.8, 4) is 5.69 Å². The summed E-state index contributed by atoms with van der Waals surface area (Å²) in [5.41, 5.74) is 2.40. The molecule has 2 aliphatic rings. The van der Waals surface area contributed by atoms with Crippen LogP contribution in [0.1, 0.15) is 49.3 Å². The molecular formula is C24H25F3N6O2. The van der Waals surface area contributed by atoms with Crippen molar-refractivity contribution in [3.05, 3.63) is 59.3 Å². The lowest BCUT2D eigenvalue weighted by atomic mass is 9.97. The third kappa shape index (κ3) is 4.19. The monoisotopic (exact) mass is 486 g/mol. The van der Waals surface area contributed by atoms with E-state index in [1.165, 1.54) is 12.1 Å². The zero-order chi connectivity index (χ0) is 24.9. The van der Waals surface area contributed by atoms with Crippen molar-refractivity contribution >= 4 is 17.9 Å². The molecule has 0 radical (unpaired) electrons. The topological polar surface area (TPSA) is 85.2 Å². The highest BCUT2D eigenvalue weighted by Gasteiger charge is 2.37. The van der Waals surface area contributed by atoms with Gasteiger partial charge in [0.25, 0.3) is 0 Å². The van der Waals surface area contributed by atoms with Gasteiger partial charge in [-0.3, -0.25) is 4.90 Å². The average molecular weight is 486 g/mol. The van der Waals surface area contributed by atoms with E-state index in [1.807, 2.05) is 25.3 Å². The van der Waals surface area contributed by atoms with E-state index in [9.17, 15) is 18.0 Å². The second kappa shape index (κ2) is 8.54. The smallest absolute Gasteiger partial charge is 0.416 e. The van der Waals surface area contributed by atoms with Gasteiger partial charge in [-0.1, -0.05) is 13.8 Å². The van der Waals surface area contributed by atoms with Crippen LogP contribution in [0.15, 0.2) is 36.8 Å². The molecule has 0 saturated carbocycles. The Morgan fingerprint density at radius 1 is 1.14 bits per heavy atom. The van der Waals surface area contributed by atoms with Gasteiger partial charge in [-0.25, -0.2) is 14.8 Å². The molecule has 11 heteroatoms. The van der Waals surface area contributed by atoms with Crippen molar-refractivity contribution in [2.24, 2.45) is 5.92 Å². The molecule has 0 spiro atoms. The summed E-state index contributed by atoms with van der Waals surface area (Å²) in [5, 5.41) is 3.24. The molecule has 1 aromatic carbocycles. The highest BCUT2D eigenvalue weighted by Crippen LogP contribution is 2.35. The van der Waals surface area contributed by atoms with Crippen molar-refractivity contribution in [3.63, 3.8) is 0 Å². The van der Waals surface area contributed by atoms with Crippen molar-refractivity contribution in [1.82, 2.24) is 19.5 Å². The van der Waals surface area contributed by atoms with Gasteiger partial charge in [0.15, 0.2) is 0 Å². The second-order valence-electron chi connectivity index (χ2n) is 9.15. The number of anilines is 2. The van der Waals surface area contributed by atoms with Crippen LogP contribution in [0.5, 0.6) is 0 Å². The molecule has 8 nitrogen and oxygen atoms in total. The van der Waals surface area contributed by atoms with Gasteiger partial charge in [0, 0.05) is 17.6 Å². The molecule has 2 aromatic heterocycles. The number of imidazole rings is 1. The third-order valence-electron chi connectivity index (χ3n) is 6.52. The standard InChI is InChI=1S/C24H25F3N6O2/c1-13(2)19-11-35-23(34)33(19)20-8-9-28-22(31-20)30-14(3)21-18-6-4-15-10-16(24(25,26)27)5-7-17(15)32(18)12-29-21/h5,7-10,12-14,19H,4,6,11H2,1-3H3,(H,28,30,31)/t14-,19+/m0/s1. The molecule has 5 rings (SSSR count). The van der Waals surface area contributed by atoms with Gasteiger partial charge in [-0.15, -0.1) is 0 Å². The number of aryl methyl sites for hydroxylation is 1. The van der Waals surface area contributed by atoms with Crippen LogP contribution in [0.4, 0.5) is 29.7 Å². The van der Waals surface area contributed by atoms with Crippen LogP contribution in [0.2, 0.25) is 0 Å². The van der Waals surface area contributed by atoms with E-state index in [0.29, 0.717) is 42.5 Å². The Balaban J connectivity index is 1.38. The number of nitrogens with zero attached hydrogens (tertiary/aromatic N) is 5. The number of carbonyl (C=O) groups excluding carboxylic acids is 1. The third-order valence-corrected chi connectivity index (χ3v) is 6.52. The maximum absolute atomic E-state index is 13.1. The van der Waals surface area contributed by atoms with E-state index in [0.717, 1.165) is 17.5 Å². The second-order valence-corrected chi connectivity index (χ2v) is 9.15. The first-order chi connectivity index (χ1) is 16.6. The minimum atomic E-state index is -4.37. The van der Waals surface area contributed by atoms with E-state index >= 15 is 0 Å². The number of rotatable bonds is 5. The first-order valence-corrected chi connectivity index (χ1v) is 11.5. The first kappa shape index (κ1) is 23.1. The molecule has 2 atom stereocenters. The average Bonchev–Trinajstić information content (AvgIpc) is 3.42. The van der Waals surface area contributed by atoms with Crippen molar-refractivity contribution in [2.45, 2.75) is 51.9 Å². The number of amides is 1. The van der Waals surface area contributed by atoms with E-state index in [4.69, 9.17) is 4.74 Å². The minimum Gasteiger partial charge on any atom is -0.447 e. The fourth-order valence-electron chi connectivity index (χ4n) is 4.66. The van der Waals surface area contributed by atoms with Crippen LogP contribution in [0, 0.1) is 5.92 Å². The largest absolute Gasteiger partial charge is 0.447 e. The van der Waals surface area contributed by atoms with E-state index < -0.39 is 17.8 Å². The summed E-state index contributed by atoms with van der Waals surface area (Å²) < 4.78 is 46.4. The molecule has 35 heavy (non-hydrogen) atoms. The first-order valence-electron chi connectivity index (χ1n) is 11.5. The van der Waals surface area contributed by atoms with Gasteiger partial charge in [-0.05, 0) is 55.5 Å². The molecule has 0 aliphatic carbocycles. The molecule has 1 fully saturated rings. The number of ether oxygens (including phenoxy) is 1. The summed E-state index contributed by atoms with van der Waals surface area (Å²) in [6.45, 7) is 6.27. The molecule has 1 amide bonds. The Hall–Kier alpha value is -3.63. The Morgan fingerprint density at radius 2 is 1.94 bits per heavy atom. The fourth-order valence-corrected chi connectivity index (χ4v) is 4.66. The number of fused-ring (bicyclic) bond motifs is 3. The highest BCUT2D eigenvalue weighted by molar-refractivity contribution is 5.89. The van der Waals surface area contributed by atoms with Gasteiger partial charge in [-0.2, -0.15) is 18.2 Å². The normalized spacial score (nSPS) is 18.3. The summed E-state index contributed by atoms with van der Waals surface area (Å²) in [6.07, 6.45) is -0.534. The molecule has 1 N–H and O–H groups in total. The highest BCUT2D eigenvalue weighted by atomic mass is 19.4. The number of hydrogen-bond acceptors (Lipinski definition) is 6. The number of aromatic nitrogens is 4. The Labute approximate surface area is 200 Å². The summed E-state index contributed by atoms with van der Waals surface area (Å²) in [4.78, 5) is 27.2. The fraction of sp³-hybridized carbons (Fsp3) is 0.417. The predicted molar refractivity (Wildman–Crippen MR) is 122 cm³/mol. The Morgan fingerprint density at radius 3 is 2.69 bits per heavy atom.